The van der Waals surface area contributed by atoms with Crippen LogP contribution in [0.15, 0.2) is 66.7 Å². The number of hydrogen-bond donors (Lipinski definition) is 2. The predicted octanol–water partition coefficient (Wildman–Crippen LogP) is 5.71. The van der Waals surface area contributed by atoms with Gasteiger partial charge < -0.3 is 19.7 Å². The van der Waals surface area contributed by atoms with Crippen molar-refractivity contribution in [1.29, 1.82) is 0 Å². The fraction of sp³-hybridized carbons (Fsp3) is 0.450. The first-order valence-electron chi connectivity index (χ1n) is 18.9. The Hall–Kier alpha value is -4.82. The molecule has 6 atom stereocenters. The molecule has 4 amide bonds. The molecule has 13 heteroatoms. The molecule has 11 rings (SSSR count). The van der Waals surface area contributed by atoms with E-state index in [1.807, 2.05) is 65.8 Å². The molecule has 0 spiro atoms. The molecule has 4 fully saturated rings. The SMILES string of the molecule is O=C(O)N1CCCC1C(=O)[N+]1(N(c2cccc([C@@H]3CCOC3)c2[C@@H]2CCOC2)[N+]2(C(=O)C3CCCN3C(=O)O)Cc3ccc2cc3)Cc2ccc1cc2. The van der Waals surface area contributed by atoms with Gasteiger partial charge in [0.15, 0.2) is 29.1 Å². The topological polar surface area (TPSA) is 137 Å². The summed E-state index contributed by atoms with van der Waals surface area (Å²) in [4.78, 5) is 59.8. The van der Waals surface area contributed by atoms with Gasteiger partial charge in [-0.15, -0.1) is 0 Å². The largest absolute Gasteiger partial charge is 0.465 e. The summed E-state index contributed by atoms with van der Waals surface area (Å²) in [6, 6.07) is 19.8. The van der Waals surface area contributed by atoms with E-state index in [0.29, 0.717) is 69.2 Å². The van der Waals surface area contributed by atoms with E-state index in [1.54, 1.807) is 0 Å². The van der Waals surface area contributed by atoms with Crippen molar-refractivity contribution in [1.82, 2.24) is 19.0 Å². The van der Waals surface area contributed by atoms with Crippen LogP contribution in [0.3, 0.4) is 0 Å². The molecular weight excluding hydrogens is 678 g/mol. The van der Waals surface area contributed by atoms with E-state index in [2.05, 4.69) is 6.07 Å². The van der Waals surface area contributed by atoms with E-state index in [1.165, 1.54) is 9.80 Å². The van der Waals surface area contributed by atoms with Crippen molar-refractivity contribution in [2.24, 2.45) is 0 Å². The number of likely N-dealkylation sites (tertiary alicyclic amines) is 2. The fourth-order valence-corrected chi connectivity index (χ4v) is 10.1. The molecule has 0 aromatic heterocycles. The summed E-state index contributed by atoms with van der Waals surface area (Å²) in [6.45, 7) is 3.03. The fourth-order valence-electron chi connectivity index (χ4n) is 10.1. The second-order valence-electron chi connectivity index (χ2n) is 15.3. The van der Waals surface area contributed by atoms with Gasteiger partial charge in [0, 0.05) is 73.5 Å². The first-order chi connectivity index (χ1) is 25.7. The summed E-state index contributed by atoms with van der Waals surface area (Å²) in [5, 5.41) is 22.8. The Morgan fingerprint density at radius 1 is 0.642 bits per heavy atom. The third-order valence-electron chi connectivity index (χ3n) is 12.5. The van der Waals surface area contributed by atoms with Gasteiger partial charge in [-0.2, -0.15) is 0 Å². The van der Waals surface area contributed by atoms with Crippen molar-refractivity contribution in [3.8, 4) is 0 Å². The van der Waals surface area contributed by atoms with E-state index in [0.717, 1.165) is 35.1 Å². The van der Waals surface area contributed by atoms with E-state index < -0.39 is 33.5 Å². The number of benzene rings is 3. The second-order valence-corrected chi connectivity index (χ2v) is 15.3. The number of hydrogen-bond acceptors (Lipinski definition) is 7. The van der Waals surface area contributed by atoms with Gasteiger partial charge in [-0.25, -0.2) is 19.2 Å². The second kappa shape index (κ2) is 12.9. The number of anilines is 1. The lowest BCUT2D eigenvalue weighted by atomic mass is 9.85. The van der Waals surface area contributed by atoms with Crippen molar-refractivity contribution < 1.29 is 38.9 Å². The van der Waals surface area contributed by atoms with Crippen LogP contribution in [0.5, 0.6) is 0 Å². The van der Waals surface area contributed by atoms with Crippen LogP contribution in [0.4, 0.5) is 26.7 Å². The van der Waals surface area contributed by atoms with E-state index in [-0.39, 0.29) is 49.8 Å². The molecule has 8 aliphatic rings. The highest BCUT2D eigenvalue weighted by Gasteiger charge is 2.67. The van der Waals surface area contributed by atoms with Gasteiger partial charge in [-0.05, 0) is 85.1 Å². The van der Waals surface area contributed by atoms with E-state index in [9.17, 15) is 19.8 Å². The van der Waals surface area contributed by atoms with Gasteiger partial charge in [0.05, 0.1) is 13.2 Å². The molecule has 8 aliphatic heterocycles. The molecular formula is C40H45N5O8+2. The Kier molecular flexibility index (Phi) is 8.30. The molecule has 4 saturated heterocycles. The summed E-state index contributed by atoms with van der Waals surface area (Å²) < 4.78 is 11.1. The predicted molar refractivity (Wildman–Crippen MR) is 195 cm³/mol. The van der Waals surface area contributed by atoms with E-state index in [4.69, 9.17) is 9.47 Å². The maximum absolute atomic E-state index is 15.9. The number of rotatable bonds is 7. The molecule has 13 nitrogen and oxygen atoms in total. The van der Waals surface area contributed by atoms with Crippen LogP contribution >= 0.6 is 0 Å². The van der Waals surface area contributed by atoms with Gasteiger partial charge >= 0.3 is 24.0 Å². The molecule has 3 aromatic carbocycles. The molecule has 0 radical (unpaired) electrons. The zero-order valence-electron chi connectivity index (χ0n) is 29.6. The number of carbonyl (C=O) groups excluding carboxylic acids is 2. The van der Waals surface area contributed by atoms with Crippen molar-refractivity contribution in [3.63, 3.8) is 0 Å². The van der Waals surface area contributed by atoms with Gasteiger partial charge in [0.2, 0.25) is 0 Å². The summed E-state index contributed by atoms with van der Waals surface area (Å²) in [5.74, 6) is -0.619. The minimum atomic E-state index is -1.15. The molecule has 8 heterocycles. The van der Waals surface area contributed by atoms with Gasteiger partial charge in [0.25, 0.3) is 0 Å². The number of carboxylic acid groups (broad SMARTS) is 2. The summed E-state index contributed by atoms with van der Waals surface area (Å²) in [5.41, 5.74) is 5.77. The Morgan fingerprint density at radius 2 is 1.13 bits per heavy atom. The molecule has 53 heavy (non-hydrogen) atoms. The van der Waals surface area contributed by atoms with Crippen LogP contribution in [0, 0.1) is 0 Å². The maximum Gasteiger partial charge on any atom is 0.408 e. The molecule has 0 saturated carbocycles. The zero-order chi connectivity index (χ0) is 36.5. The molecule has 276 valence electrons. The number of amides is 4. The summed E-state index contributed by atoms with van der Waals surface area (Å²) in [6.07, 6.45) is 1.06. The monoisotopic (exact) mass is 723 g/mol. The van der Waals surface area contributed by atoms with Crippen molar-refractivity contribution >= 4 is 41.1 Å². The number of fused-ring (bicyclic) bond motifs is 6. The molecule has 2 N–H and O–H groups in total. The lowest BCUT2D eigenvalue weighted by Gasteiger charge is -2.54. The third kappa shape index (κ3) is 5.12. The number of ether oxygens (including phenoxy) is 2. The summed E-state index contributed by atoms with van der Waals surface area (Å²) in [7, 11) is 0. The smallest absolute Gasteiger partial charge is 0.408 e. The Morgan fingerprint density at radius 3 is 1.55 bits per heavy atom. The third-order valence-corrected chi connectivity index (χ3v) is 12.5. The quantitative estimate of drug-likeness (QED) is 0.294. The number of carbonyl (C=O) groups is 4. The van der Waals surface area contributed by atoms with Crippen molar-refractivity contribution in [2.75, 3.05) is 44.6 Å². The highest BCUT2D eigenvalue weighted by Crippen LogP contribution is 2.51. The highest BCUT2D eigenvalue weighted by atomic mass is 16.5. The maximum atomic E-state index is 15.9. The zero-order valence-corrected chi connectivity index (χ0v) is 29.6. The highest BCUT2D eigenvalue weighted by molar-refractivity contribution is 6.02. The van der Waals surface area contributed by atoms with Gasteiger partial charge in [-0.3, -0.25) is 9.80 Å². The van der Waals surface area contributed by atoms with Crippen molar-refractivity contribution in [2.45, 2.75) is 75.5 Å². The minimum Gasteiger partial charge on any atom is -0.465 e. The van der Waals surface area contributed by atoms with Crippen LogP contribution in [0.1, 0.15) is 72.6 Å². The number of nitrogens with zero attached hydrogens (tertiary/aromatic N) is 5. The first-order valence-corrected chi connectivity index (χ1v) is 18.9. The lowest BCUT2D eigenvalue weighted by Crippen LogP contribution is -2.83. The average molecular weight is 724 g/mol. The number of quaternary nitrogens is 2. The molecule has 4 unspecified atom stereocenters. The van der Waals surface area contributed by atoms with Crippen LogP contribution in [-0.4, -0.2) is 95.6 Å². The van der Waals surface area contributed by atoms with Crippen LogP contribution in [-0.2, 0) is 32.2 Å². The van der Waals surface area contributed by atoms with E-state index >= 15 is 9.59 Å². The molecule has 0 aliphatic carbocycles. The van der Waals surface area contributed by atoms with Crippen LogP contribution in [0.25, 0.3) is 0 Å². The normalized spacial score (nSPS) is 30.0. The Labute approximate surface area is 307 Å². The van der Waals surface area contributed by atoms with Crippen LogP contribution < -0.4 is 14.3 Å². The Balaban J connectivity index is 1.37. The molecule has 3 aromatic rings. The standard InChI is InChI=1S/C40H43N5O8/c46-37(34-6-2-18-41(34)39(48)49)44(22-26-8-12-30(44)13-9-26)43(33-5-1-4-32(28-16-20-52-24-28)36(33)29-17-21-53-25-29)45(23-27-10-14-31(45)15-11-27)38(47)35-7-3-19-42(35)40(50)51/h1,4-5,8-15,28-29,34-35H,2-3,6-7,16-25H2/p+2/t28-,29-,34?,35?,44?,45?/m1/s1. The first kappa shape index (κ1) is 34.0. The average Bonchev–Trinajstić information content (AvgIpc) is 4.03. The summed E-state index contributed by atoms with van der Waals surface area (Å²) >= 11 is 0. The minimum absolute atomic E-state index is 0.0463. The van der Waals surface area contributed by atoms with Gasteiger partial charge in [-0.1, -0.05) is 21.3 Å². The van der Waals surface area contributed by atoms with Crippen molar-refractivity contribution in [3.05, 3.63) is 89.0 Å². The molecule has 4 bridgehead atoms. The lowest BCUT2D eigenvalue weighted by molar-refractivity contribution is -0.147. The Bertz CT molecular complexity index is 1860. The van der Waals surface area contributed by atoms with Gasteiger partial charge in [0.1, 0.15) is 13.1 Å². The van der Waals surface area contributed by atoms with Crippen LogP contribution in [0.2, 0.25) is 0 Å².